The second-order valence-corrected chi connectivity index (χ2v) is 10.5. The van der Waals surface area contributed by atoms with E-state index in [1.165, 1.54) is 70.6 Å². The highest BCUT2D eigenvalue weighted by Crippen LogP contribution is 2.32. The van der Waals surface area contributed by atoms with Crippen LogP contribution in [0.4, 0.5) is 17.6 Å². The van der Waals surface area contributed by atoms with Crippen LogP contribution in [0.15, 0.2) is 18.2 Å². The molecule has 1 amide bonds. The zero-order valence-electron chi connectivity index (χ0n) is 23.4. The summed E-state index contributed by atoms with van der Waals surface area (Å²) in [6.45, 7) is 5.72. The molecular weight excluding hydrogens is 498 g/mol. The van der Waals surface area contributed by atoms with Crippen LogP contribution in [-0.2, 0) is 15.7 Å². The Balaban J connectivity index is 2.25. The SMILES string of the molecule is CCCCCCCCCCCCCCCCCOC(=O)C(NC(=O)c1cc(F)ccc1C(F)(F)F)C(C)C. The van der Waals surface area contributed by atoms with Crippen LogP contribution in [0.2, 0.25) is 0 Å². The number of amides is 1. The van der Waals surface area contributed by atoms with E-state index >= 15 is 0 Å². The first-order valence-electron chi connectivity index (χ1n) is 14.4. The highest BCUT2D eigenvalue weighted by Gasteiger charge is 2.36. The molecule has 0 radical (unpaired) electrons. The Labute approximate surface area is 226 Å². The first-order chi connectivity index (χ1) is 18.1. The topological polar surface area (TPSA) is 55.4 Å². The number of benzene rings is 1. The number of alkyl halides is 3. The van der Waals surface area contributed by atoms with Crippen molar-refractivity contribution in [3.8, 4) is 0 Å². The van der Waals surface area contributed by atoms with Gasteiger partial charge < -0.3 is 10.1 Å². The van der Waals surface area contributed by atoms with Gasteiger partial charge in [0.15, 0.2) is 0 Å². The Hall–Kier alpha value is -2.12. The molecule has 0 aromatic heterocycles. The maximum Gasteiger partial charge on any atom is 0.417 e. The van der Waals surface area contributed by atoms with Gasteiger partial charge >= 0.3 is 12.1 Å². The lowest BCUT2D eigenvalue weighted by atomic mass is 10.0. The summed E-state index contributed by atoms with van der Waals surface area (Å²) in [6.07, 6.45) is 13.5. The Morgan fingerprint density at radius 3 is 1.74 bits per heavy atom. The number of nitrogens with one attached hydrogen (secondary N) is 1. The standard InChI is InChI=1S/C30H47F4NO3/c1-4-5-6-7-8-9-10-11-12-13-14-15-16-17-18-21-38-29(37)27(23(2)3)35-28(36)25-22-24(31)19-20-26(25)30(32,33)34/h19-20,22-23,27H,4-18,21H2,1-3H3,(H,35,36). The number of halogens is 4. The Morgan fingerprint density at radius 1 is 0.816 bits per heavy atom. The molecule has 1 unspecified atom stereocenters. The van der Waals surface area contributed by atoms with E-state index in [1.807, 2.05) is 0 Å². The number of carbonyl (C=O) groups excluding carboxylic acids is 2. The van der Waals surface area contributed by atoms with Crippen molar-refractivity contribution in [3.05, 3.63) is 35.1 Å². The molecule has 0 aliphatic rings. The molecule has 0 bridgehead atoms. The summed E-state index contributed by atoms with van der Waals surface area (Å²) in [5, 5.41) is 2.30. The second kappa shape index (κ2) is 19.0. The van der Waals surface area contributed by atoms with Gasteiger partial charge in [-0.2, -0.15) is 13.2 Å². The van der Waals surface area contributed by atoms with Gasteiger partial charge in [0.05, 0.1) is 17.7 Å². The molecule has 1 rings (SSSR count). The van der Waals surface area contributed by atoms with Crippen molar-refractivity contribution in [3.63, 3.8) is 0 Å². The van der Waals surface area contributed by atoms with Crippen LogP contribution in [0.25, 0.3) is 0 Å². The maximum absolute atomic E-state index is 13.6. The Kier molecular flexibility index (Phi) is 17.0. The minimum Gasteiger partial charge on any atom is -0.464 e. The molecule has 1 atom stereocenters. The van der Waals surface area contributed by atoms with Crippen LogP contribution in [0, 0.1) is 11.7 Å². The number of hydrogen-bond donors (Lipinski definition) is 1. The average Bonchev–Trinajstić information content (AvgIpc) is 2.85. The van der Waals surface area contributed by atoms with Crippen molar-refractivity contribution >= 4 is 11.9 Å². The molecule has 1 aromatic rings. The normalized spacial score (nSPS) is 12.5. The van der Waals surface area contributed by atoms with Crippen molar-refractivity contribution in [2.75, 3.05) is 6.61 Å². The molecule has 38 heavy (non-hydrogen) atoms. The van der Waals surface area contributed by atoms with Gasteiger partial charge in [-0.15, -0.1) is 0 Å². The van der Waals surface area contributed by atoms with Crippen LogP contribution in [-0.4, -0.2) is 24.5 Å². The van der Waals surface area contributed by atoms with Crippen LogP contribution in [0.3, 0.4) is 0 Å². The Bertz CT molecular complexity index is 811. The molecule has 218 valence electrons. The first-order valence-corrected chi connectivity index (χ1v) is 14.4. The largest absolute Gasteiger partial charge is 0.464 e. The van der Waals surface area contributed by atoms with E-state index < -0.39 is 47.0 Å². The van der Waals surface area contributed by atoms with E-state index in [2.05, 4.69) is 12.2 Å². The maximum atomic E-state index is 13.6. The quantitative estimate of drug-likeness (QED) is 0.101. The molecule has 0 heterocycles. The third-order valence-corrected chi connectivity index (χ3v) is 6.73. The monoisotopic (exact) mass is 545 g/mol. The van der Waals surface area contributed by atoms with Gasteiger partial charge in [0.2, 0.25) is 0 Å². The lowest BCUT2D eigenvalue weighted by Gasteiger charge is -2.22. The minimum atomic E-state index is -4.83. The predicted octanol–water partition coefficient (Wildman–Crippen LogP) is 9.01. The van der Waals surface area contributed by atoms with Crippen molar-refractivity contribution in [1.82, 2.24) is 5.32 Å². The van der Waals surface area contributed by atoms with Crippen LogP contribution >= 0.6 is 0 Å². The van der Waals surface area contributed by atoms with E-state index in [-0.39, 0.29) is 6.61 Å². The summed E-state index contributed by atoms with van der Waals surface area (Å²) < 4.78 is 58.6. The number of ether oxygens (including phenoxy) is 1. The van der Waals surface area contributed by atoms with Crippen molar-refractivity contribution < 1.29 is 31.9 Å². The van der Waals surface area contributed by atoms with Crippen molar-refractivity contribution in [2.45, 2.75) is 129 Å². The lowest BCUT2D eigenvalue weighted by molar-refractivity contribution is -0.147. The van der Waals surface area contributed by atoms with E-state index in [4.69, 9.17) is 4.74 Å². The molecule has 1 aromatic carbocycles. The third-order valence-electron chi connectivity index (χ3n) is 6.73. The summed E-state index contributed by atoms with van der Waals surface area (Å²) in [5.74, 6) is -3.27. The molecule has 0 saturated heterocycles. The van der Waals surface area contributed by atoms with E-state index in [0.29, 0.717) is 24.6 Å². The average molecular weight is 546 g/mol. The fourth-order valence-corrected chi connectivity index (χ4v) is 4.40. The number of rotatable bonds is 20. The van der Waals surface area contributed by atoms with Crippen molar-refractivity contribution in [1.29, 1.82) is 0 Å². The van der Waals surface area contributed by atoms with Crippen LogP contribution in [0.5, 0.6) is 0 Å². The van der Waals surface area contributed by atoms with Gasteiger partial charge in [0.1, 0.15) is 11.9 Å². The first kappa shape index (κ1) is 33.9. The van der Waals surface area contributed by atoms with Gasteiger partial charge in [-0.05, 0) is 30.5 Å². The zero-order valence-corrected chi connectivity index (χ0v) is 23.4. The zero-order chi connectivity index (χ0) is 28.4. The fraction of sp³-hybridized carbons (Fsp3) is 0.733. The highest BCUT2D eigenvalue weighted by atomic mass is 19.4. The molecule has 0 spiro atoms. The summed E-state index contributed by atoms with van der Waals surface area (Å²) in [7, 11) is 0. The molecule has 0 fully saturated rings. The fourth-order valence-electron chi connectivity index (χ4n) is 4.40. The molecule has 1 N–H and O–H groups in total. The summed E-state index contributed by atoms with van der Waals surface area (Å²) in [4.78, 5) is 25.0. The van der Waals surface area contributed by atoms with Gasteiger partial charge in [-0.1, -0.05) is 111 Å². The van der Waals surface area contributed by atoms with E-state index in [9.17, 15) is 27.2 Å². The number of esters is 1. The van der Waals surface area contributed by atoms with Gasteiger partial charge in [-0.25, -0.2) is 9.18 Å². The Morgan fingerprint density at radius 2 is 1.29 bits per heavy atom. The molecule has 0 saturated carbocycles. The van der Waals surface area contributed by atoms with Crippen molar-refractivity contribution in [2.24, 2.45) is 5.92 Å². The van der Waals surface area contributed by atoms with Crippen LogP contribution < -0.4 is 5.32 Å². The van der Waals surface area contributed by atoms with Crippen LogP contribution in [0.1, 0.15) is 133 Å². The highest BCUT2D eigenvalue weighted by molar-refractivity contribution is 5.98. The summed E-state index contributed by atoms with van der Waals surface area (Å²) >= 11 is 0. The summed E-state index contributed by atoms with van der Waals surface area (Å²) in [5.41, 5.74) is -2.12. The number of carbonyl (C=O) groups is 2. The van der Waals surface area contributed by atoms with Gasteiger partial charge in [-0.3, -0.25) is 4.79 Å². The van der Waals surface area contributed by atoms with Gasteiger partial charge in [0.25, 0.3) is 5.91 Å². The van der Waals surface area contributed by atoms with Gasteiger partial charge in [0, 0.05) is 0 Å². The second-order valence-electron chi connectivity index (χ2n) is 10.5. The molecule has 8 heteroatoms. The molecule has 0 aliphatic carbocycles. The van der Waals surface area contributed by atoms with E-state index in [1.54, 1.807) is 13.8 Å². The molecule has 4 nitrogen and oxygen atoms in total. The molecular formula is C30H47F4NO3. The molecule has 0 aliphatic heterocycles. The number of unbranched alkanes of at least 4 members (excludes halogenated alkanes) is 14. The lowest BCUT2D eigenvalue weighted by Crippen LogP contribution is -2.45. The van der Waals surface area contributed by atoms with E-state index in [0.717, 1.165) is 19.3 Å². The number of hydrogen-bond acceptors (Lipinski definition) is 3. The predicted molar refractivity (Wildman–Crippen MR) is 143 cm³/mol. The smallest absolute Gasteiger partial charge is 0.417 e. The summed E-state index contributed by atoms with van der Waals surface area (Å²) in [6, 6.07) is 0.550. The minimum absolute atomic E-state index is 0.184. The third kappa shape index (κ3) is 14.1.